The second-order valence-corrected chi connectivity index (χ2v) is 6.69. The van der Waals surface area contributed by atoms with Gasteiger partial charge in [0.2, 0.25) is 5.91 Å². The zero-order chi connectivity index (χ0) is 17.3. The number of H-pyrrole nitrogens is 1. The Morgan fingerprint density at radius 2 is 2.21 bits per heavy atom. The predicted molar refractivity (Wildman–Crippen MR) is 93.7 cm³/mol. The van der Waals surface area contributed by atoms with E-state index in [2.05, 4.69) is 26.2 Å². The number of anilines is 1. The van der Waals surface area contributed by atoms with E-state index in [1.165, 1.54) is 6.20 Å². The number of hydrogen-bond donors (Lipinski definition) is 3. The Bertz CT molecular complexity index is 903. The van der Waals surface area contributed by atoms with Gasteiger partial charge in [0.25, 0.3) is 5.56 Å². The van der Waals surface area contributed by atoms with Crippen molar-refractivity contribution in [1.82, 2.24) is 14.9 Å². The van der Waals surface area contributed by atoms with Crippen LogP contribution in [0.25, 0.3) is 0 Å². The summed E-state index contributed by atoms with van der Waals surface area (Å²) >= 11 is 3.05. The van der Waals surface area contributed by atoms with Gasteiger partial charge in [0.05, 0.1) is 10.5 Å². The SMILES string of the molecule is Nc1ccc2c(c1)CCCC2NC(=O)Cn1cc(Br)c(=O)[nH]c1=O. The second-order valence-electron chi connectivity index (χ2n) is 5.83. The van der Waals surface area contributed by atoms with Crippen LogP contribution in [0.3, 0.4) is 0 Å². The summed E-state index contributed by atoms with van der Waals surface area (Å²) in [6.45, 7) is -0.158. The van der Waals surface area contributed by atoms with E-state index in [0.29, 0.717) is 5.69 Å². The average molecular weight is 393 g/mol. The molecule has 4 N–H and O–H groups in total. The maximum Gasteiger partial charge on any atom is 0.328 e. The van der Waals surface area contributed by atoms with Crippen molar-refractivity contribution in [3.05, 3.63) is 60.8 Å². The van der Waals surface area contributed by atoms with E-state index in [-0.39, 0.29) is 23.0 Å². The fourth-order valence-electron chi connectivity index (χ4n) is 2.98. The predicted octanol–water partition coefficient (Wildman–Crippen LogP) is 1.08. The molecule has 0 radical (unpaired) electrons. The van der Waals surface area contributed by atoms with Gasteiger partial charge in [0.1, 0.15) is 6.54 Å². The number of rotatable bonds is 3. The van der Waals surface area contributed by atoms with Crippen molar-refractivity contribution in [2.75, 3.05) is 5.73 Å². The largest absolute Gasteiger partial charge is 0.399 e. The molecule has 0 saturated carbocycles. The lowest BCUT2D eigenvalue weighted by Gasteiger charge is -2.26. The molecule has 0 saturated heterocycles. The highest BCUT2D eigenvalue weighted by Crippen LogP contribution is 2.30. The summed E-state index contributed by atoms with van der Waals surface area (Å²) in [4.78, 5) is 37.5. The summed E-state index contributed by atoms with van der Waals surface area (Å²) < 4.78 is 1.36. The van der Waals surface area contributed by atoms with Gasteiger partial charge < -0.3 is 11.1 Å². The van der Waals surface area contributed by atoms with Crippen LogP contribution in [0.4, 0.5) is 5.69 Å². The Kier molecular flexibility index (Phi) is 4.57. The number of nitrogen functional groups attached to an aromatic ring is 1. The first-order chi connectivity index (χ1) is 11.4. The normalized spacial score (nSPS) is 16.5. The zero-order valence-electron chi connectivity index (χ0n) is 12.8. The van der Waals surface area contributed by atoms with Crippen LogP contribution in [0.1, 0.15) is 30.0 Å². The Labute approximate surface area is 146 Å². The lowest BCUT2D eigenvalue weighted by Crippen LogP contribution is -2.38. The van der Waals surface area contributed by atoms with Crippen molar-refractivity contribution >= 4 is 27.5 Å². The average Bonchev–Trinajstić information content (AvgIpc) is 2.52. The number of hydrogen-bond acceptors (Lipinski definition) is 4. The van der Waals surface area contributed by atoms with Crippen molar-refractivity contribution in [2.24, 2.45) is 0 Å². The Morgan fingerprint density at radius 3 is 3.00 bits per heavy atom. The number of nitrogens with one attached hydrogen (secondary N) is 2. The van der Waals surface area contributed by atoms with Crippen LogP contribution in [0.15, 0.2) is 38.5 Å². The standard InChI is InChI=1S/C16H17BrN4O3/c17-12-7-21(16(24)20-15(12)23)8-14(22)19-13-3-1-2-9-6-10(18)4-5-11(9)13/h4-7,13H,1-3,8,18H2,(H,19,22)(H,20,23,24). The van der Waals surface area contributed by atoms with Gasteiger partial charge in [-0.3, -0.25) is 19.1 Å². The van der Waals surface area contributed by atoms with Gasteiger partial charge in [0.15, 0.2) is 0 Å². The van der Waals surface area contributed by atoms with Crippen molar-refractivity contribution < 1.29 is 4.79 Å². The van der Waals surface area contributed by atoms with Crippen LogP contribution < -0.4 is 22.3 Å². The molecule has 1 heterocycles. The van der Waals surface area contributed by atoms with Gasteiger partial charge >= 0.3 is 5.69 Å². The minimum atomic E-state index is -0.616. The smallest absolute Gasteiger partial charge is 0.328 e. The molecule has 0 bridgehead atoms. The third-order valence-electron chi connectivity index (χ3n) is 4.10. The monoisotopic (exact) mass is 392 g/mol. The summed E-state index contributed by atoms with van der Waals surface area (Å²) in [5.41, 5.74) is 7.61. The fraction of sp³-hybridized carbons (Fsp3) is 0.312. The molecule has 1 unspecified atom stereocenters. The van der Waals surface area contributed by atoms with E-state index in [4.69, 9.17) is 5.73 Å². The van der Waals surface area contributed by atoms with Crippen molar-refractivity contribution in [2.45, 2.75) is 31.8 Å². The number of carbonyl (C=O) groups is 1. The van der Waals surface area contributed by atoms with E-state index >= 15 is 0 Å². The lowest BCUT2D eigenvalue weighted by atomic mass is 9.87. The molecule has 1 aromatic heterocycles. The number of amides is 1. The molecule has 2 aromatic rings. The summed E-state index contributed by atoms with van der Waals surface area (Å²) in [5.74, 6) is -0.286. The molecule has 1 aliphatic rings. The topological polar surface area (TPSA) is 110 Å². The maximum atomic E-state index is 12.3. The van der Waals surface area contributed by atoms with Gasteiger partial charge in [-0.15, -0.1) is 0 Å². The molecule has 0 fully saturated rings. The number of aryl methyl sites for hydroxylation is 1. The molecule has 1 aliphatic carbocycles. The molecule has 1 atom stereocenters. The van der Waals surface area contributed by atoms with E-state index < -0.39 is 11.2 Å². The first kappa shape index (κ1) is 16.5. The van der Waals surface area contributed by atoms with Gasteiger partial charge in [0, 0.05) is 11.9 Å². The van der Waals surface area contributed by atoms with E-state index in [0.717, 1.165) is 35.0 Å². The molecule has 3 rings (SSSR count). The van der Waals surface area contributed by atoms with Crippen LogP contribution in [-0.2, 0) is 17.8 Å². The molecular formula is C16H17BrN4O3. The quantitative estimate of drug-likeness (QED) is 0.678. The number of carbonyl (C=O) groups excluding carboxylic acids is 1. The van der Waals surface area contributed by atoms with Crippen LogP contribution in [0.2, 0.25) is 0 Å². The van der Waals surface area contributed by atoms with Gasteiger partial charge in [-0.25, -0.2) is 4.79 Å². The minimum absolute atomic E-state index is 0.0937. The number of fused-ring (bicyclic) bond motifs is 1. The number of benzene rings is 1. The number of aromatic nitrogens is 2. The first-order valence-electron chi connectivity index (χ1n) is 7.61. The third-order valence-corrected chi connectivity index (χ3v) is 4.66. The minimum Gasteiger partial charge on any atom is -0.399 e. The van der Waals surface area contributed by atoms with E-state index in [9.17, 15) is 14.4 Å². The lowest BCUT2D eigenvalue weighted by molar-refractivity contribution is -0.122. The number of halogens is 1. The second kappa shape index (κ2) is 6.64. The van der Waals surface area contributed by atoms with Crippen molar-refractivity contribution in [3.63, 3.8) is 0 Å². The molecule has 0 aliphatic heterocycles. The van der Waals surface area contributed by atoms with Gasteiger partial charge in [-0.05, 0) is 58.5 Å². The van der Waals surface area contributed by atoms with E-state index in [1.807, 2.05) is 18.2 Å². The molecular weight excluding hydrogens is 376 g/mol. The molecule has 126 valence electrons. The summed E-state index contributed by atoms with van der Waals surface area (Å²) in [7, 11) is 0. The number of nitrogens with two attached hydrogens (primary N) is 1. The first-order valence-corrected chi connectivity index (χ1v) is 8.40. The Morgan fingerprint density at radius 1 is 1.42 bits per heavy atom. The molecule has 0 spiro atoms. The van der Waals surface area contributed by atoms with Crippen molar-refractivity contribution in [1.29, 1.82) is 0 Å². The van der Waals surface area contributed by atoms with Gasteiger partial charge in [-0.2, -0.15) is 0 Å². The fourth-order valence-corrected chi connectivity index (χ4v) is 3.33. The summed E-state index contributed by atoms with van der Waals surface area (Å²) in [6.07, 6.45) is 4.06. The highest BCUT2D eigenvalue weighted by Gasteiger charge is 2.22. The van der Waals surface area contributed by atoms with Crippen LogP contribution in [0.5, 0.6) is 0 Å². The molecule has 1 amide bonds. The molecule has 8 heteroatoms. The highest BCUT2D eigenvalue weighted by molar-refractivity contribution is 9.10. The molecule has 7 nitrogen and oxygen atoms in total. The third kappa shape index (κ3) is 3.43. The number of aromatic amines is 1. The van der Waals surface area contributed by atoms with Crippen LogP contribution >= 0.6 is 15.9 Å². The van der Waals surface area contributed by atoms with Crippen molar-refractivity contribution in [3.8, 4) is 0 Å². The zero-order valence-corrected chi connectivity index (χ0v) is 14.4. The highest BCUT2D eigenvalue weighted by atomic mass is 79.9. The summed E-state index contributed by atoms with van der Waals surface area (Å²) in [5, 5.41) is 2.96. The van der Waals surface area contributed by atoms with E-state index in [1.54, 1.807) is 0 Å². The summed E-state index contributed by atoms with van der Waals surface area (Å²) in [6, 6.07) is 5.62. The molecule has 1 aromatic carbocycles. The van der Waals surface area contributed by atoms with Crippen LogP contribution in [-0.4, -0.2) is 15.5 Å². The van der Waals surface area contributed by atoms with Crippen LogP contribution in [0, 0.1) is 0 Å². The maximum absolute atomic E-state index is 12.3. The van der Waals surface area contributed by atoms with Gasteiger partial charge in [-0.1, -0.05) is 6.07 Å². The Hall–Kier alpha value is -2.35. The Balaban J connectivity index is 1.76. The molecule has 24 heavy (non-hydrogen) atoms. The number of nitrogens with zero attached hydrogens (tertiary/aromatic N) is 1.